The molecule has 1 unspecified atom stereocenters. The molecule has 2 nitrogen and oxygen atoms in total. The minimum atomic E-state index is 0.155. The third kappa shape index (κ3) is 3.33. The number of hydrogen-bond acceptors (Lipinski definition) is 3. The molecule has 1 aromatic carbocycles. The van der Waals surface area contributed by atoms with Gasteiger partial charge in [0.25, 0.3) is 0 Å². The molecule has 3 N–H and O–H groups in total. The van der Waals surface area contributed by atoms with E-state index in [2.05, 4.69) is 81.2 Å². The van der Waals surface area contributed by atoms with Gasteiger partial charge in [-0.15, -0.1) is 11.3 Å². The van der Waals surface area contributed by atoms with Gasteiger partial charge < -0.3 is 0 Å². The Kier molecular flexibility index (Phi) is 5.20. The van der Waals surface area contributed by atoms with Crippen molar-refractivity contribution < 1.29 is 0 Å². The first kappa shape index (κ1) is 14.5. The zero-order chi connectivity index (χ0) is 13.1. The third-order valence-corrected chi connectivity index (χ3v) is 5.95. The largest absolute Gasteiger partial charge is 0.271 e. The summed E-state index contributed by atoms with van der Waals surface area (Å²) in [7, 11) is 0. The van der Waals surface area contributed by atoms with Gasteiger partial charge in [0.15, 0.2) is 0 Å². The highest BCUT2D eigenvalue weighted by Crippen LogP contribution is 2.29. The topological polar surface area (TPSA) is 38.0 Å². The molecular weight excluding hydrogens is 423 g/mol. The molecule has 0 bridgehead atoms. The average molecular weight is 437 g/mol. The molecule has 1 heterocycles. The summed E-state index contributed by atoms with van der Waals surface area (Å²) in [5.74, 6) is 5.72. The van der Waals surface area contributed by atoms with Gasteiger partial charge >= 0.3 is 0 Å². The summed E-state index contributed by atoms with van der Waals surface area (Å²) in [5.41, 5.74) is 5.49. The Bertz CT molecular complexity index is 542. The highest BCUT2D eigenvalue weighted by atomic mass is 127. The van der Waals surface area contributed by atoms with Crippen molar-refractivity contribution in [2.24, 2.45) is 5.84 Å². The predicted molar refractivity (Wildman–Crippen MR) is 89.7 cm³/mol. The van der Waals surface area contributed by atoms with Crippen molar-refractivity contribution in [1.82, 2.24) is 5.43 Å². The molecule has 5 heteroatoms. The number of hydrogen-bond donors (Lipinski definition) is 2. The number of rotatable bonds is 4. The second-order valence-electron chi connectivity index (χ2n) is 4.11. The summed E-state index contributed by atoms with van der Waals surface area (Å²) in [6.07, 6.45) is 0.909. The van der Waals surface area contributed by atoms with Gasteiger partial charge in [-0.2, -0.15) is 0 Å². The normalized spacial score (nSPS) is 12.7. The minimum Gasteiger partial charge on any atom is -0.271 e. The van der Waals surface area contributed by atoms with Crippen LogP contribution in [0.2, 0.25) is 0 Å². The van der Waals surface area contributed by atoms with E-state index in [-0.39, 0.29) is 6.04 Å². The van der Waals surface area contributed by atoms with Crippen molar-refractivity contribution in [3.8, 4) is 0 Å². The molecule has 0 radical (unpaired) electrons. The summed E-state index contributed by atoms with van der Waals surface area (Å²) >= 11 is 7.64. The fraction of sp³-hybridized carbons (Fsp3) is 0.231. The summed E-state index contributed by atoms with van der Waals surface area (Å²) in [4.78, 5) is 1.32. The van der Waals surface area contributed by atoms with Crippen LogP contribution < -0.4 is 11.3 Å². The first-order valence-electron chi connectivity index (χ1n) is 5.57. The van der Waals surface area contributed by atoms with E-state index in [0.717, 1.165) is 10.2 Å². The number of aryl methyl sites for hydroxylation is 1. The maximum Gasteiger partial charge on any atom is 0.0701 e. The van der Waals surface area contributed by atoms with Crippen molar-refractivity contribution in [3.05, 3.63) is 53.7 Å². The quantitative estimate of drug-likeness (QED) is 0.428. The molecule has 1 atom stereocenters. The highest BCUT2D eigenvalue weighted by Gasteiger charge is 2.15. The van der Waals surface area contributed by atoms with E-state index in [1.165, 1.54) is 19.6 Å². The van der Waals surface area contributed by atoms with Crippen LogP contribution in [0.1, 0.15) is 22.0 Å². The molecule has 0 fully saturated rings. The van der Waals surface area contributed by atoms with Gasteiger partial charge in [-0.25, -0.2) is 0 Å². The van der Waals surface area contributed by atoms with E-state index in [0.29, 0.717) is 0 Å². The lowest BCUT2D eigenvalue weighted by Crippen LogP contribution is -2.30. The molecule has 0 saturated carbocycles. The van der Waals surface area contributed by atoms with E-state index < -0.39 is 0 Å². The van der Waals surface area contributed by atoms with Crippen molar-refractivity contribution >= 4 is 49.9 Å². The van der Waals surface area contributed by atoms with Crippen LogP contribution in [0.15, 0.2) is 34.1 Å². The predicted octanol–water partition coefficient (Wildman–Crippen LogP) is 4.17. The van der Waals surface area contributed by atoms with E-state index in [9.17, 15) is 0 Å². The van der Waals surface area contributed by atoms with Gasteiger partial charge in [0.2, 0.25) is 0 Å². The van der Waals surface area contributed by atoms with Gasteiger partial charge in [-0.05, 0) is 68.7 Å². The summed E-state index contributed by atoms with van der Waals surface area (Å²) < 4.78 is 2.45. The van der Waals surface area contributed by atoms with Crippen LogP contribution in [0.3, 0.4) is 0 Å². The van der Waals surface area contributed by atoms with Crippen molar-refractivity contribution in [2.75, 3.05) is 0 Å². The van der Waals surface area contributed by atoms with Gasteiger partial charge in [-0.3, -0.25) is 11.3 Å². The number of hydrazine groups is 1. The lowest BCUT2D eigenvalue weighted by molar-refractivity contribution is 0.553. The Morgan fingerprint density at radius 2 is 2.17 bits per heavy atom. The fourth-order valence-corrected chi connectivity index (χ4v) is 4.12. The van der Waals surface area contributed by atoms with E-state index in [1.807, 2.05) is 0 Å². The molecule has 0 aliphatic carbocycles. The minimum absolute atomic E-state index is 0.155. The van der Waals surface area contributed by atoms with E-state index in [4.69, 9.17) is 5.84 Å². The number of benzene rings is 1. The smallest absolute Gasteiger partial charge is 0.0701 e. The van der Waals surface area contributed by atoms with Crippen LogP contribution >= 0.6 is 49.9 Å². The second-order valence-corrected chi connectivity index (χ2v) is 7.73. The van der Waals surface area contributed by atoms with Gasteiger partial charge in [0, 0.05) is 14.9 Å². The SMILES string of the molecule is Cc1cccc(C(Cc2ccc(Br)s2)NN)c1I. The number of nitrogens with two attached hydrogens (primary N) is 1. The van der Waals surface area contributed by atoms with Crippen LogP contribution in [0, 0.1) is 10.5 Å². The maximum atomic E-state index is 5.72. The lowest BCUT2D eigenvalue weighted by atomic mass is 10.0. The standard InChI is InChI=1S/C13H14BrIN2S/c1-8-3-2-4-10(13(8)15)11(17-16)7-9-5-6-12(14)18-9/h2-6,11,17H,7,16H2,1H3. The van der Waals surface area contributed by atoms with Crippen molar-refractivity contribution in [3.63, 3.8) is 0 Å². The van der Waals surface area contributed by atoms with Crippen LogP contribution in [-0.4, -0.2) is 0 Å². The monoisotopic (exact) mass is 436 g/mol. The summed E-state index contributed by atoms with van der Waals surface area (Å²) in [6.45, 7) is 2.13. The molecule has 0 aliphatic rings. The van der Waals surface area contributed by atoms with Crippen molar-refractivity contribution in [2.45, 2.75) is 19.4 Å². The fourth-order valence-electron chi connectivity index (χ4n) is 1.86. The number of thiophene rings is 1. The molecule has 0 spiro atoms. The van der Waals surface area contributed by atoms with Gasteiger partial charge in [0.05, 0.1) is 9.83 Å². The lowest BCUT2D eigenvalue weighted by Gasteiger charge is -2.18. The first-order chi connectivity index (χ1) is 8.61. The Hall–Kier alpha value is 0.0500. The van der Waals surface area contributed by atoms with E-state index >= 15 is 0 Å². The molecule has 0 amide bonds. The van der Waals surface area contributed by atoms with Crippen LogP contribution in [0.25, 0.3) is 0 Å². The Morgan fingerprint density at radius 1 is 1.39 bits per heavy atom. The Labute approximate surface area is 133 Å². The van der Waals surface area contributed by atoms with Crippen LogP contribution in [0.5, 0.6) is 0 Å². The Balaban J connectivity index is 2.25. The molecule has 0 aliphatic heterocycles. The highest BCUT2D eigenvalue weighted by molar-refractivity contribution is 14.1. The summed E-state index contributed by atoms with van der Waals surface area (Å²) in [5, 5.41) is 0. The molecule has 2 rings (SSSR count). The van der Waals surface area contributed by atoms with E-state index in [1.54, 1.807) is 11.3 Å². The zero-order valence-electron chi connectivity index (χ0n) is 9.91. The summed E-state index contributed by atoms with van der Waals surface area (Å²) in [6, 6.07) is 10.7. The second kappa shape index (κ2) is 6.47. The number of nitrogens with one attached hydrogen (secondary N) is 1. The maximum absolute atomic E-state index is 5.72. The van der Waals surface area contributed by atoms with Crippen LogP contribution in [-0.2, 0) is 6.42 Å². The Morgan fingerprint density at radius 3 is 2.78 bits per heavy atom. The van der Waals surface area contributed by atoms with Crippen molar-refractivity contribution in [1.29, 1.82) is 0 Å². The van der Waals surface area contributed by atoms with Gasteiger partial charge in [-0.1, -0.05) is 18.2 Å². The molecular formula is C13H14BrIN2S. The molecule has 0 saturated heterocycles. The molecule has 1 aromatic heterocycles. The first-order valence-corrected chi connectivity index (χ1v) is 8.26. The number of halogens is 2. The zero-order valence-corrected chi connectivity index (χ0v) is 14.5. The average Bonchev–Trinajstić information content (AvgIpc) is 2.76. The molecule has 2 aromatic rings. The third-order valence-electron chi connectivity index (χ3n) is 2.83. The van der Waals surface area contributed by atoms with Crippen LogP contribution in [0.4, 0.5) is 0 Å². The molecule has 18 heavy (non-hydrogen) atoms. The van der Waals surface area contributed by atoms with Gasteiger partial charge in [0.1, 0.15) is 0 Å². The molecule has 96 valence electrons.